The molecule has 0 aliphatic rings. The summed E-state index contributed by atoms with van der Waals surface area (Å²) in [6.07, 6.45) is 5.24. The third-order valence-electron chi connectivity index (χ3n) is 2.18. The van der Waals surface area contributed by atoms with Crippen LogP contribution in [-0.4, -0.2) is 14.5 Å². The van der Waals surface area contributed by atoms with Crippen LogP contribution in [0.4, 0.5) is 5.69 Å². The monoisotopic (exact) mass is 300 g/mol. The lowest BCUT2D eigenvalue weighted by atomic mass is 10.4. The number of aromatic nitrogens is 3. The van der Waals surface area contributed by atoms with Crippen LogP contribution in [0, 0.1) is 0 Å². The van der Waals surface area contributed by atoms with Crippen molar-refractivity contribution in [2.24, 2.45) is 7.05 Å². The van der Waals surface area contributed by atoms with Crippen molar-refractivity contribution in [3.8, 4) is 0 Å². The normalized spacial score (nSPS) is 10.4. The first kappa shape index (κ1) is 11.4. The predicted molar refractivity (Wildman–Crippen MR) is 67.5 cm³/mol. The molecule has 16 heavy (non-hydrogen) atoms. The summed E-state index contributed by atoms with van der Waals surface area (Å²) in [5.74, 6) is 0. The Morgan fingerprint density at radius 3 is 3.00 bits per heavy atom. The molecule has 0 bridgehead atoms. The molecule has 0 amide bonds. The molecule has 0 aliphatic heterocycles. The molecule has 6 heteroatoms. The number of nitrogens with zero attached hydrogens (tertiary/aromatic N) is 3. The molecule has 84 valence electrons. The second-order valence-electron chi connectivity index (χ2n) is 3.34. The van der Waals surface area contributed by atoms with Gasteiger partial charge in [0.05, 0.1) is 24.3 Å². The Kier molecular flexibility index (Phi) is 3.46. The first-order valence-electron chi connectivity index (χ1n) is 4.67. The predicted octanol–water partition coefficient (Wildman–Crippen LogP) is 2.84. The fourth-order valence-electron chi connectivity index (χ4n) is 1.29. The van der Waals surface area contributed by atoms with Gasteiger partial charge in [-0.3, -0.25) is 0 Å². The molecule has 0 saturated heterocycles. The van der Waals surface area contributed by atoms with E-state index < -0.39 is 0 Å². The van der Waals surface area contributed by atoms with E-state index in [1.165, 1.54) is 0 Å². The number of aryl methyl sites for hydroxylation is 1. The maximum absolute atomic E-state index is 5.96. The van der Waals surface area contributed by atoms with Crippen LogP contribution in [-0.2, 0) is 13.6 Å². The zero-order valence-electron chi connectivity index (χ0n) is 8.61. The minimum absolute atomic E-state index is 0.463. The van der Waals surface area contributed by atoms with Gasteiger partial charge in [0.1, 0.15) is 0 Å². The molecule has 0 unspecified atom stereocenters. The molecule has 2 aromatic rings. The minimum atomic E-state index is 0.463. The average Bonchev–Trinajstić information content (AvgIpc) is 2.66. The van der Waals surface area contributed by atoms with E-state index in [0.717, 1.165) is 15.9 Å². The lowest BCUT2D eigenvalue weighted by Crippen LogP contribution is -2.04. The fraction of sp³-hybridized carbons (Fsp3) is 0.200. The summed E-state index contributed by atoms with van der Waals surface area (Å²) in [6.45, 7) is 0.661. The minimum Gasteiger partial charge on any atom is -0.377 e. The summed E-state index contributed by atoms with van der Waals surface area (Å²) in [4.78, 5) is 8.07. The van der Waals surface area contributed by atoms with E-state index in [-0.39, 0.29) is 0 Å². The molecular weight excluding hydrogens is 291 g/mol. The third kappa shape index (κ3) is 2.54. The van der Waals surface area contributed by atoms with Gasteiger partial charge < -0.3 is 9.88 Å². The second-order valence-corrected chi connectivity index (χ2v) is 4.62. The van der Waals surface area contributed by atoms with Crippen molar-refractivity contribution in [1.82, 2.24) is 14.5 Å². The molecule has 1 N–H and O–H groups in total. The van der Waals surface area contributed by atoms with Crippen molar-refractivity contribution in [3.05, 3.63) is 40.1 Å². The molecule has 2 aromatic heterocycles. The van der Waals surface area contributed by atoms with Gasteiger partial charge in [-0.15, -0.1) is 0 Å². The van der Waals surface area contributed by atoms with Crippen molar-refractivity contribution in [2.45, 2.75) is 6.54 Å². The first-order valence-corrected chi connectivity index (χ1v) is 5.84. The van der Waals surface area contributed by atoms with Crippen LogP contribution in [0.25, 0.3) is 0 Å². The first-order chi connectivity index (χ1) is 7.66. The van der Waals surface area contributed by atoms with Crippen molar-refractivity contribution in [1.29, 1.82) is 0 Å². The lowest BCUT2D eigenvalue weighted by Gasteiger charge is -2.08. The van der Waals surface area contributed by atoms with Gasteiger partial charge in [0.15, 0.2) is 5.15 Å². The summed E-state index contributed by atoms with van der Waals surface area (Å²) in [5, 5.41) is 3.68. The Labute approximate surface area is 107 Å². The van der Waals surface area contributed by atoms with Crippen molar-refractivity contribution >= 4 is 33.2 Å². The Balaban J connectivity index is 2.10. The molecule has 4 nitrogen and oxygen atoms in total. The van der Waals surface area contributed by atoms with Gasteiger partial charge in [-0.1, -0.05) is 11.6 Å². The van der Waals surface area contributed by atoms with Crippen LogP contribution in [0.1, 0.15) is 5.69 Å². The highest BCUT2D eigenvalue weighted by Crippen LogP contribution is 2.23. The molecule has 0 aliphatic carbocycles. The zero-order chi connectivity index (χ0) is 11.5. The summed E-state index contributed by atoms with van der Waals surface area (Å²) in [7, 11) is 1.95. The van der Waals surface area contributed by atoms with Crippen molar-refractivity contribution < 1.29 is 0 Å². The van der Waals surface area contributed by atoms with E-state index in [4.69, 9.17) is 11.6 Å². The maximum atomic E-state index is 5.96. The van der Waals surface area contributed by atoms with Crippen molar-refractivity contribution in [3.63, 3.8) is 0 Å². The molecule has 2 rings (SSSR count). The zero-order valence-corrected chi connectivity index (χ0v) is 11.0. The maximum Gasteiger partial charge on any atom is 0.152 e. The summed E-state index contributed by atoms with van der Waals surface area (Å²) in [5.41, 5.74) is 1.88. The number of imidazole rings is 1. The van der Waals surface area contributed by atoms with Crippen molar-refractivity contribution in [2.75, 3.05) is 5.32 Å². The Morgan fingerprint density at radius 2 is 2.31 bits per heavy atom. The molecule has 0 aromatic carbocycles. The molecule has 0 spiro atoms. The number of nitrogens with one attached hydrogen (secondary N) is 1. The fourth-order valence-corrected chi connectivity index (χ4v) is 1.79. The highest BCUT2D eigenvalue weighted by Gasteiger charge is 2.03. The average molecular weight is 302 g/mol. The van der Waals surface area contributed by atoms with E-state index in [9.17, 15) is 0 Å². The van der Waals surface area contributed by atoms with Crippen LogP contribution in [0.5, 0.6) is 0 Å². The number of anilines is 1. The smallest absolute Gasteiger partial charge is 0.152 e. The topological polar surface area (TPSA) is 42.7 Å². The number of halogens is 2. The Hall–Kier alpha value is -1.07. The van der Waals surface area contributed by atoms with E-state index in [1.54, 1.807) is 12.5 Å². The van der Waals surface area contributed by atoms with E-state index in [2.05, 4.69) is 31.2 Å². The lowest BCUT2D eigenvalue weighted by molar-refractivity contribution is 0.837. The molecule has 0 fully saturated rings. The molecule has 0 radical (unpaired) electrons. The number of hydrogen-bond acceptors (Lipinski definition) is 3. The number of rotatable bonds is 3. The summed E-state index contributed by atoms with van der Waals surface area (Å²) >= 11 is 9.31. The molecule has 0 atom stereocenters. The van der Waals surface area contributed by atoms with Crippen LogP contribution < -0.4 is 5.32 Å². The number of hydrogen-bond donors (Lipinski definition) is 1. The van der Waals surface area contributed by atoms with Gasteiger partial charge in [-0.05, 0) is 22.0 Å². The Morgan fingerprint density at radius 1 is 1.50 bits per heavy atom. The quantitative estimate of drug-likeness (QED) is 0.887. The standard InChI is InChI=1S/C10H10BrClN4/c1-16-6-13-4-8(16)5-14-9-2-7(11)3-15-10(9)12/h2-4,6,14H,5H2,1H3. The van der Waals surface area contributed by atoms with E-state index in [1.807, 2.05) is 23.9 Å². The highest BCUT2D eigenvalue weighted by molar-refractivity contribution is 9.10. The van der Waals surface area contributed by atoms with Gasteiger partial charge >= 0.3 is 0 Å². The summed E-state index contributed by atoms with van der Waals surface area (Å²) in [6, 6.07) is 1.89. The van der Waals surface area contributed by atoms with Gasteiger partial charge in [0, 0.05) is 23.9 Å². The van der Waals surface area contributed by atoms with Gasteiger partial charge in [-0.2, -0.15) is 0 Å². The number of pyridine rings is 1. The van der Waals surface area contributed by atoms with Gasteiger partial charge in [0.2, 0.25) is 0 Å². The van der Waals surface area contributed by atoms with Crippen LogP contribution in [0.3, 0.4) is 0 Å². The van der Waals surface area contributed by atoms with E-state index in [0.29, 0.717) is 11.7 Å². The van der Waals surface area contributed by atoms with Crippen LogP contribution >= 0.6 is 27.5 Å². The van der Waals surface area contributed by atoms with E-state index >= 15 is 0 Å². The molecular formula is C10H10BrClN4. The Bertz CT molecular complexity index is 497. The van der Waals surface area contributed by atoms with Crippen LogP contribution in [0.15, 0.2) is 29.3 Å². The van der Waals surface area contributed by atoms with Gasteiger partial charge in [-0.25, -0.2) is 9.97 Å². The SMILES string of the molecule is Cn1cncc1CNc1cc(Br)cnc1Cl. The molecule has 2 heterocycles. The van der Waals surface area contributed by atoms with Crippen LogP contribution in [0.2, 0.25) is 5.15 Å². The molecule has 0 saturated carbocycles. The highest BCUT2D eigenvalue weighted by atomic mass is 79.9. The summed E-state index contributed by atoms with van der Waals surface area (Å²) < 4.78 is 2.84. The second kappa shape index (κ2) is 4.84. The third-order valence-corrected chi connectivity index (χ3v) is 2.92. The van der Waals surface area contributed by atoms with Gasteiger partial charge in [0.25, 0.3) is 0 Å². The largest absolute Gasteiger partial charge is 0.377 e.